The molecule has 0 atom stereocenters. The van der Waals surface area contributed by atoms with Crippen molar-refractivity contribution < 1.29 is 9.84 Å². The Hall–Kier alpha value is -0.870. The van der Waals surface area contributed by atoms with Crippen LogP contribution in [0.2, 0.25) is 0 Å². The number of nitrogens with one attached hydrogen (secondary N) is 1. The standard InChI is InChI=1S/C6H10N2O2/c9-5-10-2-1-6-3-7-4-8-6/h3-4,9H,1-2,5H2,(H,7,8). The van der Waals surface area contributed by atoms with E-state index in [0.29, 0.717) is 6.61 Å². The summed E-state index contributed by atoms with van der Waals surface area (Å²) in [6, 6.07) is 0. The van der Waals surface area contributed by atoms with E-state index in [4.69, 9.17) is 9.84 Å². The molecule has 0 bridgehead atoms. The fraction of sp³-hybridized carbons (Fsp3) is 0.500. The molecule has 0 saturated heterocycles. The number of hydrogen-bond donors (Lipinski definition) is 2. The number of rotatable bonds is 4. The van der Waals surface area contributed by atoms with Crippen LogP contribution in [0.15, 0.2) is 12.5 Å². The molecule has 1 aromatic rings. The van der Waals surface area contributed by atoms with Crippen molar-refractivity contribution in [3.05, 3.63) is 18.2 Å². The minimum Gasteiger partial charge on any atom is -0.371 e. The van der Waals surface area contributed by atoms with Gasteiger partial charge in [-0.15, -0.1) is 0 Å². The molecule has 1 aromatic heterocycles. The Morgan fingerprint density at radius 2 is 2.60 bits per heavy atom. The first-order valence-corrected chi connectivity index (χ1v) is 3.09. The Morgan fingerprint density at radius 3 is 3.20 bits per heavy atom. The van der Waals surface area contributed by atoms with Gasteiger partial charge in [0.25, 0.3) is 0 Å². The van der Waals surface area contributed by atoms with Crippen LogP contribution in [0.4, 0.5) is 0 Å². The number of imidazole rings is 1. The lowest BCUT2D eigenvalue weighted by molar-refractivity contribution is 0.0000552. The molecular formula is C6H10N2O2. The molecule has 0 aliphatic carbocycles. The minimum atomic E-state index is -0.218. The summed E-state index contributed by atoms with van der Waals surface area (Å²) in [5.74, 6) is 0. The van der Waals surface area contributed by atoms with Gasteiger partial charge < -0.3 is 14.8 Å². The monoisotopic (exact) mass is 142 g/mol. The highest BCUT2D eigenvalue weighted by atomic mass is 16.6. The smallest absolute Gasteiger partial charge is 0.143 e. The van der Waals surface area contributed by atoms with Crippen molar-refractivity contribution in [1.82, 2.24) is 9.97 Å². The van der Waals surface area contributed by atoms with Gasteiger partial charge in [-0.3, -0.25) is 0 Å². The molecule has 0 radical (unpaired) electrons. The van der Waals surface area contributed by atoms with E-state index in [2.05, 4.69) is 9.97 Å². The van der Waals surface area contributed by atoms with Gasteiger partial charge in [0.15, 0.2) is 0 Å². The molecule has 1 heterocycles. The van der Waals surface area contributed by atoms with Gasteiger partial charge in [-0.1, -0.05) is 0 Å². The number of aromatic amines is 1. The lowest BCUT2D eigenvalue weighted by Crippen LogP contribution is -1.99. The molecule has 0 unspecified atom stereocenters. The molecule has 1 rings (SSSR count). The first-order chi connectivity index (χ1) is 4.93. The lowest BCUT2D eigenvalue weighted by Gasteiger charge is -1.95. The first-order valence-electron chi connectivity index (χ1n) is 3.09. The van der Waals surface area contributed by atoms with Gasteiger partial charge in [0.1, 0.15) is 6.79 Å². The average molecular weight is 142 g/mol. The summed E-state index contributed by atoms with van der Waals surface area (Å²) in [7, 11) is 0. The molecule has 56 valence electrons. The maximum atomic E-state index is 8.24. The molecule has 0 aromatic carbocycles. The summed E-state index contributed by atoms with van der Waals surface area (Å²) >= 11 is 0. The summed E-state index contributed by atoms with van der Waals surface area (Å²) < 4.78 is 4.71. The average Bonchev–Trinajstić information content (AvgIpc) is 2.41. The molecule has 4 heteroatoms. The van der Waals surface area contributed by atoms with Crippen molar-refractivity contribution in [2.24, 2.45) is 0 Å². The van der Waals surface area contributed by atoms with E-state index in [0.717, 1.165) is 12.1 Å². The van der Waals surface area contributed by atoms with Gasteiger partial charge in [0.05, 0.1) is 18.6 Å². The van der Waals surface area contributed by atoms with Gasteiger partial charge in [0, 0.05) is 12.6 Å². The lowest BCUT2D eigenvalue weighted by atomic mass is 10.4. The summed E-state index contributed by atoms with van der Waals surface area (Å²) in [5.41, 5.74) is 0.952. The second-order valence-electron chi connectivity index (χ2n) is 1.85. The number of nitrogens with zero attached hydrogens (tertiary/aromatic N) is 1. The van der Waals surface area contributed by atoms with Gasteiger partial charge in [-0.25, -0.2) is 4.98 Å². The number of aliphatic hydroxyl groups is 1. The predicted octanol–water partition coefficient (Wildman–Crippen LogP) is -0.0814. The SMILES string of the molecule is OCOCCc1c[nH]cn1. The van der Waals surface area contributed by atoms with Crippen LogP contribution >= 0.6 is 0 Å². The van der Waals surface area contributed by atoms with Gasteiger partial charge in [-0.05, 0) is 0 Å². The van der Waals surface area contributed by atoms with E-state index in [1.807, 2.05) is 0 Å². The number of hydrogen-bond acceptors (Lipinski definition) is 3. The molecule has 0 aliphatic heterocycles. The second-order valence-corrected chi connectivity index (χ2v) is 1.85. The van der Waals surface area contributed by atoms with Crippen LogP contribution in [0.25, 0.3) is 0 Å². The highest BCUT2D eigenvalue weighted by Crippen LogP contribution is 1.91. The molecule has 10 heavy (non-hydrogen) atoms. The van der Waals surface area contributed by atoms with Crippen molar-refractivity contribution in [3.8, 4) is 0 Å². The molecule has 0 fully saturated rings. The van der Waals surface area contributed by atoms with Crippen molar-refractivity contribution in [2.45, 2.75) is 6.42 Å². The highest BCUT2D eigenvalue weighted by Gasteiger charge is 1.92. The molecule has 0 aliphatic rings. The largest absolute Gasteiger partial charge is 0.371 e. The van der Waals surface area contributed by atoms with Crippen LogP contribution in [0, 0.1) is 0 Å². The van der Waals surface area contributed by atoms with Crippen LogP contribution in [-0.4, -0.2) is 28.5 Å². The Bertz CT molecular complexity index is 162. The van der Waals surface area contributed by atoms with Crippen LogP contribution in [-0.2, 0) is 11.2 Å². The first kappa shape index (κ1) is 7.24. The zero-order valence-electron chi connectivity index (χ0n) is 5.58. The predicted molar refractivity (Wildman–Crippen MR) is 35.3 cm³/mol. The Labute approximate surface area is 58.9 Å². The third-order valence-electron chi connectivity index (χ3n) is 1.15. The third kappa shape index (κ3) is 2.16. The van der Waals surface area contributed by atoms with E-state index in [-0.39, 0.29) is 6.79 Å². The maximum absolute atomic E-state index is 8.24. The molecule has 0 amide bonds. The number of aromatic nitrogens is 2. The Morgan fingerprint density at radius 1 is 1.70 bits per heavy atom. The van der Waals surface area contributed by atoms with Gasteiger partial charge in [0.2, 0.25) is 0 Å². The van der Waals surface area contributed by atoms with E-state index >= 15 is 0 Å². The van der Waals surface area contributed by atoms with Crippen molar-refractivity contribution in [3.63, 3.8) is 0 Å². The quantitative estimate of drug-likeness (QED) is 0.456. The molecule has 0 saturated carbocycles. The van der Waals surface area contributed by atoms with E-state index in [1.165, 1.54) is 0 Å². The number of aliphatic hydroxyl groups excluding tert-OH is 1. The van der Waals surface area contributed by atoms with Crippen LogP contribution in [0.3, 0.4) is 0 Å². The summed E-state index contributed by atoms with van der Waals surface area (Å²) in [6.07, 6.45) is 4.17. The highest BCUT2D eigenvalue weighted by molar-refractivity contribution is 4.93. The fourth-order valence-electron chi connectivity index (χ4n) is 0.669. The zero-order chi connectivity index (χ0) is 7.23. The second kappa shape index (κ2) is 4.03. The maximum Gasteiger partial charge on any atom is 0.143 e. The summed E-state index contributed by atoms with van der Waals surface area (Å²) in [5, 5.41) is 8.24. The Balaban J connectivity index is 2.15. The topological polar surface area (TPSA) is 58.1 Å². The molecule has 4 nitrogen and oxygen atoms in total. The summed E-state index contributed by atoms with van der Waals surface area (Å²) in [6.45, 7) is 0.297. The Kier molecular flexibility index (Phi) is 2.92. The van der Waals surface area contributed by atoms with E-state index < -0.39 is 0 Å². The van der Waals surface area contributed by atoms with Gasteiger partial charge >= 0.3 is 0 Å². The summed E-state index contributed by atoms with van der Waals surface area (Å²) in [4.78, 5) is 6.80. The minimum absolute atomic E-state index is 0.218. The van der Waals surface area contributed by atoms with Crippen LogP contribution in [0.5, 0.6) is 0 Å². The van der Waals surface area contributed by atoms with Crippen molar-refractivity contribution in [1.29, 1.82) is 0 Å². The normalized spacial score (nSPS) is 10.1. The van der Waals surface area contributed by atoms with E-state index in [9.17, 15) is 0 Å². The number of ether oxygens (including phenoxy) is 1. The fourth-order valence-corrected chi connectivity index (χ4v) is 0.669. The van der Waals surface area contributed by atoms with Crippen LogP contribution in [0.1, 0.15) is 5.69 Å². The molecule has 2 N–H and O–H groups in total. The zero-order valence-corrected chi connectivity index (χ0v) is 5.58. The third-order valence-corrected chi connectivity index (χ3v) is 1.15. The number of H-pyrrole nitrogens is 1. The molecular weight excluding hydrogens is 132 g/mol. The van der Waals surface area contributed by atoms with Crippen LogP contribution < -0.4 is 0 Å². The molecule has 0 spiro atoms. The van der Waals surface area contributed by atoms with E-state index in [1.54, 1.807) is 12.5 Å². The van der Waals surface area contributed by atoms with Crippen molar-refractivity contribution in [2.75, 3.05) is 13.4 Å². The van der Waals surface area contributed by atoms with Crippen molar-refractivity contribution >= 4 is 0 Å². The van der Waals surface area contributed by atoms with Gasteiger partial charge in [-0.2, -0.15) is 0 Å².